The molecule has 2 rings (SSSR count). The van der Waals surface area contributed by atoms with Crippen LogP contribution >= 0.6 is 0 Å². The monoisotopic (exact) mass is 230 g/mol. The van der Waals surface area contributed by atoms with E-state index in [1.807, 2.05) is 18.2 Å². The van der Waals surface area contributed by atoms with Crippen LogP contribution in [0.15, 0.2) is 36.5 Å². The summed E-state index contributed by atoms with van der Waals surface area (Å²) in [6.07, 6.45) is 1.78. The van der Waals surface area contributed by atoms with Crippen molar-refractivity contribution >= 4 is 11.5 Å². The summed E-state index contributed by atoms with van der Waals surface area (Å²) in [6.45, 7) is 5.13. The molecule has 1 aromatic carbocycles. The van der Waals surface area contributed by atoms with Gasteiger partial charge in [0, 0.05) is 12.6 Å². The first kappa shape index (κ1) is 11.5. The molecule has 0 saturated carbocycles. The molecule has 0 aliphatic heterocycles. The van der Waals surface area contributed by atoms with E-state index in [2.05, 4.69) is 41.1 Å². The Morgan fingerprint density at radius 1 is 1.29 bits per heavy atom. The summed E-state index contributed by atoms with van der Waals surface area (Å²) in [7, 11) is 0. The van der Waals surface area contributed by atoms with E-state index in [1.54, 1.807) is 6.20 Å². The number of nitrogens with two attached hydrogens (primary N) is 1. The predicted molar refractivity (Wildman–Crippen MR) is 70.8 cm³/mol. The average Bonchev–Trinajstić information content (AvgIpc) is 2.73. The molecule has 4 heteroatoms. The molecule has 0 aliphatic rings. The van der Waals surface area contributed by atoms with Gasteiger partial charge in [0.25, 0.3) is 0 Å². The largest absolute Gasteiger partial charge is 0.382 e. The van der Waals surface area contributed by atoms with Crippen LogP contribution < -0.4 is 10.6 Å². The molecule has 0 amide bonds. The average molecular weight is 230 g/mol. The molecule has 90 valence electrons. The first-order valence-corrected chi connectivity index (χ1v) is 5.78. The quantitative estimate of drug-likeness (QED) is 0.848. The summed E-state index contributed by atoms with van der Waals surface area (Å²) in [5.41, 5.74) is 8.10. The fourth-order valence-corrected chi connectivity index (χ4v) is 1.84. The van der Waals surface area contributed by atoms with Gasteiger partial charge in [0.1, 0.15) is 5.82 Å². The second kappa shape index (κ2) is 4.91. The third-order valence-corrected chi connectivity index (χ3v) is 2.78. The minimum atomic E-state index is 0.370. The summed E-state index contributed by atoms with van der Waals surface area (Å²) in [6, 6.07) is 10.7. The number of aromatic amines is 1. The standard InChI is InChI=1S/C13H18N4/c1-10(2)17(12-8-15-16-13(12)14)9-11-6-4-3-5-7-11/h3-8,10H,9H2,1-2H3,(H3,14,15,16). The lowest BCUT2D eigenvalue weighted by Gasteiger charge is -2.28. The third kappa shape index (κ3) is 2.58. The van der Waals surface area contributed by atoms with Gasteiger partial charge in [0.2, 0.25) is 0 Å². The topological polar surface area (TPSA) is 57.9 Å². The van der Waals surface area contributed by atoms with E-state index in [1.165, 1.54) is 5.56 Å². The maximum Gasteiger partial charge on any atom is 0.142 e. The number of nitrogens with zero attached hydrogens (tertiary/aromatic N) is 2. The molecular formula is C13H18N4. The highest BCUT2D eigenvalue weighted by molar-refractivity contribution is 5.62. The molecule has 0 spiro atoms. The minimum absolute atomic E-state index is 0.370. The maximum atomic E-state index is 5.87. The zero-order chi connectivity index (χ0) is 12.3. The van der Waals surface area contributed by atoms with Crippen molar-refractivity contribution in [2.75, 3.05) is 10.6 Å². The van der Waals surface area contributed by atoms with E-state index in [0.717, 1.165) is 12.2 Å². The van der Waals surface area contributed by atoms with E-state index in [4.69, 9.17) is 5.73 Å². The highest BCUT2D eigenvalue weighted by atomic mass is 15.2. The number of benzene rings is 1. The SMILES string of the molecule is CC(C)N(Cc1ccccc1)c1cn[nH]c1N. The number of hydrogen-bond acceptors (Lipinski definition) is 3. The molecule has 0 fully saturated rings. The Balaban J connectivity index is 2.23. The van der Waals surface area contributed by atoms with Crippen LogP contribution in [0, 0.1) is 0 Å². The summed E-state index contributed by atoms with van der Waals surface area (Å²) in [4.78, 5) is 2.23. The summed E-state index contributed by atoms with van der Waals surface area (Å²) in [5, 5.41) is 6.75. The normalized spacial score (nSPS) is 10.8. The highest BCUT2D eigenvalue weighted by Gasteiger charge is 2.15. The Labute approximate surface area is 101 Å². The Morgan fingerprint density at radius 2 is 2.00 bits per heavy atom. The van der Waals surface area contributed by atoms with Crippen molar-refractivity contribution in [3.8, 4) is 0 Å². The molecule has 3 N–H and O–H groups in total. The van der Waals surface area contributed by atoms with Crippen LogP contribution in [0.4, 0.5) is 11.5 Å². The summed E-state index contributed by atoms with van der Waals surface area (Å²) < 4.78 is 0. The Hall–Kier alpha value is -1.97. The molecule has 2 aromatic rings. The summed E-state index contributed by atoms with van der Waals surface area (Å²) >= 11 is 0. The van der Waals surface area contributed by atoms with Crippen molar-refractivity contribution in [1.29, 1.82) is 0 Å². The van der Waals surface area contributed by atoms with Gasteiger partial charge in [-0.05, 0) is 19.4 Å². The molecular weight excluding hydrogens is 212 g/mol. The number of anilines is 2. The molecule has 0 aliphatic carbocycles. The van der Waals surface area contributed by atoms with Crippen LogP contribution in [0.3, 0.4) is 0 Å². The van der Waals surface area contributed by atoms with Crippen molar-refractivity contribution in [3.63, 3.8) is 0 Å². The Kier molecular flexibility index (Phi) is 3.32. The van der Waals surface area contributed by atoms with Gasteiger partial charge in [-0.15, -0.1) is 0 Å². The van der Waals surface area contributed by atoms with E-state index >= 15 is 0 Å². The lowest BCUT2D eigenvalue weighted by Crippen LogP contribution is -2.30. The Morgan fingerprint density at radius 3 is 2.53 bits per heavy atom. The van der Waals surface area contributed by atoms with E-state index < -0.39 is 0 Å². The van der Waals surface area contributed by atoms with Crippen LogP contribution in [-0.4, -0.2) is 16.2 Å². The highest BCUT2D eigenvalue weighted by Crippen LogP contribution is 2.24. The minimum Gasteiger partial charge on any atom is -0.382 e. The molecule has 1 aromatic heterocycles. The fraction of sp³-hybridized carbons (Fsp3) is 0.308. The molecule has 0 unspecified atom stereocenters. The van der Waals surface area contributed by atoms with Crippen LogP contribution in [0.25, 0.3) is 0 Å². The van der Waals surface area contributed by atoms with Crippen LogP contribution in [0.5, 0.6) is 0 Å². The molecule has 0 radical (unpaired) electrons. The van der Waals surface area contributed by atoms with E-state index in [-0.39, 0.29) is 0 Å². The molecule has 4 nitrogen and oxygen atoms in total. The van der Waals surface area contributed by atoms with Crippen LogP contribution in [-0.2, 0) is 6.54 Å². The second-order valence-electron chi connectivity index (χ2n) is 4.38. The zero-order valence-electron chi connectivity index (χ0n) is 10.2. The van der Waals surface area contributed by atoms with Crippen molar-refractivity contribution in [3.05, 3.63) is 42.1 Å². The first-order valence-electron chi connectivity index (χ1n) is 5.78. The number of nitrogen functional groups attached to an aromatic ring is 1. The first-order chi connectivity index (χ1) is 8.18. The summed E-state index contributed by atoms with van der Waals surface area (Å²) in [5.74, 6) is 0.620. The Bertz CT molecular complexity index is 461. The number of aromatic nitrogens is 2. The number of nitrogens with one attached hydrogen (secondary N) is 1. The lowest BCUT2D eigenvalue weighted by molar-refractivity contribution is 0.683. The third-order valence-electron chi connectivity index (χ3n) is 2.78. The van der Waals surface area contributed by atoms with E-state index in [0.29, 0.717) is 11.9 Å². The van der Waals surface area contributed by atoms with Crippen molar-refractivity contribution in [2.24, 2.45) is 0 Å². The van der Waals surface area contributed by atoms with Gasteiger partial charge in [0.15, 0.2) is 0 Å². The van der Waals surface area contributed by atoms with Gasteiger partial charge >= 0.3 is 0 Å². The van der Waals surface area contributed by atoms with Gasteiger partial charge in [-0.3, -0.25) is 5.10 Å². The van der Waals surface area contributed by atoms with Crippen molar-refractivity contribution in [1.82, 2.24) is 10.2 Å². The molecule has 1 heterocycles. The van der Waals surface area contributed by atoms with Gasteiger partial charge in [-0.25, -0.2) is 0 Å². The number of hydrogen-bond donors (Lipinski definition) is 2. The number of rotatable bonds is 4. The van der Waals surface area contributed by atoms with Crippen LogP contribution in [0.2, 0.25) is 0 Å². The smallest absolute Gasteiger partial charge is 0.142 e. The molecule has 0 saturated heterocycles. The number of H-pyrrole nitrogens is 1. The molecule has 0 atom stereocenters. The second-order valence-corrected chi connectivity index (χ2v) is 4.38. The zero-order valence-corrected chi connectivity index (χ0v) is 10.2. The molecule has 17 heavy (non-hydrogen) atoms. The fourth-order valence-electron chi connectivity index (χ4n) is 1.84. The molecule has 0 bridgehead atoms. The van der Waals surface area contributed by atoms with Gasteiger partial charge in [-0.1, -0.05) is 30.3 Å². The van der Waals surface area contributed by atoms with Crippen molar-refractivity contribution in [2.45, 2.75) is 26.4 Å². The lowest BCUT2D eigenvalue weighted by atomic mass is 10.2. The van der Waals surface area contributed by atoms with Crippen molar-refractivity contribution < 1.29 is 0 Å². The predicted octanol–water partition coefficient (Wildman–Crippen LogP) is 2.41. The van der Waals surface area contributed by atoms with Gasteiger partial charge < -0.3 is 10.6 Å². The van der Waals surface area contributed by atoms with Crippen LogP contribution in [0.1, 0.15) is 19.4 Å². The van der Waals surface area contributed by atoms with E-state index in [9.17, 15) is 0 Å². The maximum absolute atomic E-state index is 5.87. The van der Waals surface area contributed by atoms with Gasteiger partial charge in [0.05, 0.1) is 11.9 Å². The van der Waals surface area contributed by atoms with Gasteiger partial charge in [-0.2, -0.15) is 5.10 Å².